The van der Waals surface area contributed by atoms with Gasteiger partial charge in [-0.25, -0.2) is 0 Å². The fourth-order valence-electron chi connectivity index (χ4n) is 5.23. The first-order valence-corrected chi connectivity index (χ1v) is 11.6. The predicted octanol–water partition coefficient (Wildman–Crippen LogP) is 3.55. The molecular weight excluding hydrogens is 479 g/mol. The molecule has 7 heteroatoms. The van der Waals surface area contributed by atoms with Crippen LogP contribution in [-0.4, -0.2) is 62.2 Å². The molecule has 3 fully saturated rings. The molecule has 0 radical (unpaired) electrons. The van der Waals surface area contributed by atoms with Crippen molar-refractivity contribution in [2.45, 2.75) is 83.3 Å². The van der Waals surface area contributed by atoms with Gasteiger partial charge in [0.15, 0.2) is 5.96 Å². The molecule has 168 valence electrons. The molecular formula is C22H41IN4O2. The van der Waals surface area contributed by atoms with Crippen LogP contribution in [0.5, 0.6) is 0 Å². The molecule has 29 heavy (non-hydrogen) atoms. The Balaban J connectivity index is 0.00000300. The lowest BCUT2D eigenvalue weighted by Gasteiger charge is -2.24. The molecule has 2 aliphatic carbocycles. The highest BCUT2D eigenvalue weighted by atomic mass is 127. The zero-order valence-electron chi connectivity index (χ0n) is 18.3. The number of carbonyl (C=O) groups excluding carboxylic acids is 1. The van der Waals surface area contributed by atoms with Gasteiger partial charge in [0.25, 0.3) is 0 Å². The molecule has 0 bridgehead atoms. The Morgan fingerprint density at radius 2 is 1.83 bits per heavy atom. The maximum atomic E-state index is 12.6. The van der Waals surface area contributed by atoms with Gasteiger partial charge >= 0.3 is 0 Å². The number of guanidine groups is 1. The summed E-state index contributed by atoms with van der Waals surface area (Å²) >= 11 is 0. The van der Waals surface area contributed by atoms with Crippen LogP contribution in [0, 0.1) is 11.8 Å². The van der Waals surface area contributed by atoms with E-state index in [4.69, 9.17) is 4.74 Å². The summed E-state index contributed by atoms with van der Waals surface area (Å²) in [6, 6.07) is 0.300. The van der Waals surface area contributed by atoms with Crippen molar-refractivity contribution in [1.29, 1.82) is 0 Å². The van der Waals surface area contributed by atoms with Gasteiger partial charge in [-0.3, -0.25) is 9.79 Å². The summed E-state index contributed by atoms with van der Waals surface area (Å²) in [5.41, 5.74) is 0. The molecule has 2 saturated carbocycles. The highest BCUT2D eigenvalue weighted by molar-refractivity contribution is 14.0. The third-order valence-electron chi connectivity index (χ3n) is 6.80. The van der Waals surface area contributed by atoms with Crippen LogP contribution in [0.25, 0.3) is 0 Å². The molecule has 0 aromatic carbocycles. The second-order valence-corrected chi connectivity index (χ2v) is 8.72. The number of carbonyl (C=O) groups is 1. The Hall–Kier alpha value is -0.570. The first-order chi connectivity index (χ1) is 13.7. The zero-order valence-corrected chi connectivity index (χ0v) is 20.7. The van der Waals surface area contributed by atoms with Gasteiger partial charge in [-0.2, -0.15) is 0 Å². The highest BCUT2D eigenvalue weighted by Gasteiger charge is 2.32. The van der Waals surface area contributed by atoms with Gasteiger partial charge in [-0.1, -0.05) is 25.7 Å². The first-order valence-electron chi connectivity index (χ1n) is 11.6. The summed E-state index contributed by atoms with van der Waals surface area (Å²) < 4.78 is 6.02. The van der Waals surface area contributed by atoms with Crippen molar-refractivity contribution in [3.63, 3.8) is 0 Å². The zero-order chi connectivity index (χ0) is 19.8. The molecule has 1 aliphatic heterocycles. The number of rotatable bonds is 8. The van der Waals surface area contributed by atoms with Gasteiger partial charge in [-0.05, 0) is 51.4 Å². The van der Waals surface area contributed by atoms with Gasteiger partial charge in [0.2, 0.25) is 5.91 Å². The largest absolute Gasteiger partial charge is 0.378 e. The standard InChI is InChI=1S/C22H40N4O2.HI/c1-3-28-20(17-8-4-5-9-17)12-14-24-22(23-2)25-19-13-15-26(16-19)21(27)18-10-6-7-11-18;/h17-20H,3-16H2,1-2H3,(H2,23,24,25);1H. The Morgan fingerprint density at radius 1 is 1.14 bits per heavy atom. The molecule has 1 amide bonds. The van der Waals surface area contributed by atoms with Crippen LogP contribution in [0.4, 0.5) is 0 Å². The number of likely N-dealkylation sites (tertiary alicyclic amines) is 1. The Labute approximate surface area is 194 Å². The minimum atomic E-state index is 0. The molecule has 3 rings (SSSR count). The normalized spacial score (nSPS) is 24.6. The second-order valence-electron chi connectivity index (χ2n) is 8.72. The Bertz CT molecular complexity index is 519. The van der Waals surface area contributed by atoms with E-state index >= 15 is 0 Å². The Morgan fingerprint density at radius 3 is 2.48 bits per heavy atom. The van der Waals surface area contributed by atoms with E-state index in [2.05, 4.69) is 27.4 Å². The lowest BCUT2D eigenvalue weighted by molar-refractivity contribution is -0.134. The van der Waals surface area contributed by atoms with Crippen molar-refractivity contribution in [2.24, 2.45) is 16.8 Å². The Kier molecular flexibility index (Phi) is 11.0. The highest BCUT2D eigenvalue weighted by Crippen LogP contribution is 2.30. The van der Waals surface area contributed by atoms with Crippen molar-refractivity contribution in [3.05, 3.63) is 0 Å². The maximum Gasteiger partial charge on any atom is 0.225 e. The number of halogens is 1. The van der Waals surface area contributed by atoms with E-state index in [1.807, 2.05) is 7.05 Å². The molecule has 6 nitrogen and oxygen atoms in total. The number of hydrogen-bond donors (Lipinski definition) is 2. The lowest BCUT2D eigenvalue weighted by Crippen LogP contribution is -2.46. The average Bonchev–Trinajstić information content (AvgIpc) is 3.48. The molecule has 2 atom stereocenters. The number of nitrogens with one attached hydrogen (secondary N) is 2. The molecule has 2 N–H and O–H groups in total. The third kappa shape index (κ3) is 7.26. The van der Waals surface area contributed by atoms with Crippen LogP contribution in [0.3, 0.4) is 0 Å². The second kappa shape index (κ2) is 13.0. The van der Waals surface area contributed by atoms with E-state index in [1.54, 1.807) is 0 Å². The van der Waals surface area contributed by atoms with Crippen molar-refractivity contribution >= 4 is 35.8 Å². The van der Waals surface area contributed by atoms with Gasteiger partial charge < -0.3 is 20.3 Å². The van der Waals surface area contributed by atoms with Crippen LogP contribution in [-0.2, 0) is 9.53 Å². The summed E-state index contributed by atoms with van der Waals surface area (Å²) in [7, 11) is 1.82. The van der Waals surface area contributed by atoms with Crippen molar-refractivity contribution in [3.8, 4) is 0 Å². The van der Waals surface area contributed by atoms with Crippen LogP contribution in [0.15, 0.2) is 4.99 Å². The van der Waals surface area contributed by atoms with E-state index in [0.717, 1.165) is 63.8 Å². The number of nitrogens with zero attached hydrogens (tertiary/aromatic N) is 2. The summed E-state index contributed by atoms with van der Waals surface area (Å²) in [6.45, 7) is 5.44. The number of aliphatic imine (C=N–C) groups is 1. The molecule has 0 spiro atoms. The van der Waals surface area contributed by atoms with Crippen molar-refractivity contribution < 1.29 is 9.53 Å². The quantitative estimate of drug-likeness (QED) is 0.292. The SMILES string of the molecule is CCOC(CCNC(=NC)NC1CCN(C(=O)C2CCCC2)C1)C1CCCC1.I. The van der Waals surface area contributed by atoms with Gasteiger partial charge in [0.1, 0.15) is 0 Å². The summed E-state index contributed by atoms with van der Waals surface area (Å²) in [5, 5.41) is 6.98. The summed E-state index contributed by atoms with van der Waals surface area (Å²) in [5.74, 6) is 2.23. The van der Waals surface area contributed by atoms with Crippen molar-refractivity contribution in [2.75, 3.05) is 33.3 Å². The first kappa shape index (κ1) is 24.7. The fraction of sp³-hybridized carbons (Fsp3) is 0.909. The summed E-state index contributed by atoms with van der Waals surface area (Å²) in [6.07, 6.45) is 12.3. The van der Waals surface area contributed by atoms with Gasteiger partial charge in [0, 0.05) is 45.2 Å². The van der Waals surface area contributed by atoms with Gasteiger partial charge in [-0.15, -0.1) is 24.0 Å². The minimum Gasteiger partial charge on any atom is -0.378 e. The number of amides is 1. The monoisotopic (exact) mass is 520 g/mol. The topological polar surface area (TPSA) is 66.0 Å². The minimum absolute atomic E-state index is 0. The molecule has 1 saturated heterocycles. The smallest absolute Gasteiger partial charge is 0.225 e. The molecule has 1 heterocycles. The van der Waals surface area contributed by atoms with E-state index in [9.17, 15) is 4.79 Å². The number of ether oxygens (including phenoxy) is 1. The van der Waals surface area contributed by atoms with E-state index in [1.165, 1.54) is 38.5 Å². The number of hydrogen-bond acceptors (Lipinski definition) is 3. The average molecular weight is 521 g/mol. The van der Waals surface area contributed by atoms with Gasteiger partial charge in [0.05, 0.1) is 6.10 Å². The molecule has 2 unspecified atom stereocenters. The summed E-state index contributed by atoms with van der Waals surface area (Å²) in [4.78, 5) is 19.1. The van der Waals surface area contributed by atoms with Crippen LogP contribution in [0.2, 0.25) is 0 Å². The van der Waals surface area contributed by atoms with E-state index in [0.29, 0.717) is 18.1 Å². The molecule has 0 aromatic rings. The molecule has 3 aliphatic rings. The maximum absolute atomic E-state index is 12.6. The van der Waals surface area contributed by atoms with Crippen LogP contribution < -0.4 is 10.6 Å². The predicted molar refractivity (Wildman–Crippen MR) is 129 cm³/mol. The fourth-order valence-corrected chi connectivity index (χ4v) is 5.23. The van der Waals surface area contributed by atoms with E-state index in [-0.39, 0.29) is 29.9 Å². The van der Waals surface area contributed by atoms with Crippen molar-refractivity contribution in [1.82, 2.24) is 15.5 Å². The lowest BCUT2D eigenvalue weighted by atomic mass is 9.98. The molecule has 0 aromatic heterocycles. The van der Waals surface area contributed by atoms with Crippen LogP contribution >= 0.6 is 24.0 Å². The van der Waals surface area contributed by atoms with E-state index < -0.39 is 0 Å². The third-order valence-corrected chi connectivity index (χ3v) is 6.80. The van der Waals surface area contributed by atoms with Crippen LogP contribution in [0.1, 0.15) is 71.1 Å².